The molecule has 0 aliphatic rings. The van der Waals surface area contributed by atoms with Crippen molar-refractivity contribution in [2.45, 2.75) is 25.9 Å². The average Bonchev–Trinajstić information content (AvgIpc) is 2.28. The number of nitrogens with two attached hydrogens (primary N) is 1. The first-order chi connectivity index (χ1) is 7.50. The Morgan fingerprint density at radius 2 is 2.12 bits per heavy atom. The lowest BCUT2D eigenvalue weighted by Crippen LogP contribution is -2.45. The fourth-order valence-electron chi connectivity index (χ4n) is 1.28. The van der Waals surface area contributed by atoms with Crippen LogP contribution in [0, 0.1) is 0 Å². The van der Waals surface area contributed by atoms with Gasteiger partial charge in [-0.2, -0.15) is 0 Å². The van der Waals surface area contributed by atoms with Crippen molar-refractivity contribution in [3.63, 3.8) is 0 Å². The zero-order chi connectivity index (χ0) is 12.2. The van der Waals surface area contributed by atoms with Gasteiger partial charge in [0.15, 0.2) is 11.5 Å². The predicted octanol–water partition coefficient (Wildman–Crippen LogP) is 1.23. The number of hydrogen-bond donors (Lipinski definition) is 3. The topological polar surface area (TPSA) is 67.5 Å². The number of para-hydroxylation sites is 1. The Hall–Kier alpha value is -1.26. The summed E-state index contributed by atoms with van der Waals surface area (Å²) >= 11 is 0. The lowest BCUT2D eigenvalue weighted by atomic mass is 10.1. The number of aromatic hydroxyl groups is 1. The Bertz CT molecular complexity index is 351. The molecule has 0 saturated heterocycles. The van der Waals surface area contributed by atoms with Gasteiger partial charge in [-0.3, -0.25) is 0 Å². The van der Waals surface area contributed by atoms with Gasteiger partial charge in [0.05, 0.1) is 7.11 Å². The number of phenolic OH excluding ortho intramolecular Hbond substituents is 1. The first kappa shape index (κ1) is 12.8. The molecule has 4 nitrogen and oxygen atoms in total. The Morgan fingerprint density at radius 3 is 2.69 bits per heavy atom. The fraction of sp³-hybridized carbons (Fsp3) is 0.500. The third-order valence-corrected chi connectivity index (χ3v) is 2.57. The van der Waals surface area contributed by atoms with Gasteiger partial charge in [-0.05, 0) is 19.9 Å². The zero-order valence-electron chi connectivity index (χ0n) is 10.1. The van der Waals surface area contributed by atoms with Crippen LogP contribution in [0.5, 0.6) is 11.5 Å². The second kappa shape index (κ2) is 5.18. The van der Waals surface area contributed by atoms with E-state index >= 15 is 0 Å². The van der Waals surface area contributed by atoms with E-state index in [1.165, 1.54) is 7.11 Å². The van der Waals surface area contributed by atoms with Gasteiger partial charge < -0.3 is 20.9 Å². The molecule has 0 radical (unpaired) electrons. The molecular formula is C12H20N2O2. The largest absolute Gasteiger partial charge is 0.504 e. The van der Waals surface area contributed by atoms with Crippen LogP contribution >= 0.6 is 0 Å². The van der Waals surface area contributed by atoms with Crippen LogP contribution in [-0.4, -0.2) is 24.3 Å². The molecule has 0 bridgehead atoms. The van der Waals surface area contributed by atoms with Crippen LogP contribution < -0.4 is 15.8 Å². The summed E-state index contributed by atoms with van der Waals surface area (Å²) in [5.41, 5.74) is 6.28. The van der Waals surface area contributed by atoms with Crippen molar-refractivity contribution in [1.82, 2.24) is 5.32 Å². The van der Waals surface area contributed by atoms with Gasteiger partial charge in [-0.25, -0.2) is 0 Å². The lowest BCUT2D eigenvalue weighted by Gasteiger charge is -2.24. The summed E-state index contributed by atoms with van der Waals surface area (Å²) in [5, 5.41) is 13.1. The van der Waals surface area contributed by atoms with Crippen molar-refractivity contribution < 1.29 is 9.84 Å². The minimum Gasteiger partial charge on any atom is -0.504 e. The number of hydrogen-bond acceptors (Lipinski definition) is 4. The normalized spacial score (nSPS) is 11.5. The summed E-state index contributed by atoms with van der Waals surface area (Å²) in [6.07, 6.45) is 0. The molecule has 0 heterocycles. The SMILES string of the molecule is COc1cccc(CNC(C)(C)CN)c1O. The van der Waals surface area contributed by atoms with Gasteiger partial charge in [0.1, 0.15) is 0 Å². The van der Waals surface area contributed by atoms with Crippen molar-refractivity contribution >= 4 is 0 Å². The van der Waals surface area contributed by atoms with Crippen molar-refractivity contribution in [3.8, 4) is 11.5 Å². The van der Waals surface area contributed by atoms with Crippen molar-refractivity contribution in [2.24, 2.45) is 5.73 Å². The molecule has 4 N–H and O–H groups in total. The molecule has 4 heteroatoms. The number of nitrogens with one attached hydrogen (secondary N) is 1. The van der Waals surface area contributed by atoms with Crippen LogP contribution in [0.3, 0.4) is 0 Å². The molecule has 90 valence electrons. The fourth-order valence-corrected chi connectivity index (χ4v) is 1.28. The van der Waals surface area contributed by atoms with Crippen molar-refractivity contribution in [3.05, 3.63) is 23.8 Å². The third-order valence-electron chi connectivity index (χ3n) is 2.57. The maximum absolute atomic E-state index is 9.86. The minimum atomic E-state index is -0.143. The van der Waals surface area contributed by atoms with Crippen LogP contribution in [0.15, 0.2) is 18.2 Å². The second-order valence-electron chi connectivity index (χ2n) is 4.41. The molecule has 1 aromatic rings. The van der Waals surface area contributed by atoms with E-state index in [0.29, 0.717) is 18.8 Å². The van der Waals surface area contributed by atoms with Gasteiger partial charge in [-0.1, -0.05) is 12.1 Å². The first-order valence-corrected chi connectivity index (χ1v) is 5.30. The molecule has 0 atom stereocenters. The highest BCUT2D eigenvalue weighted by Crippen LogP contribution is 2.29. The molecule has 1 rings (SSSR count). The maximum Gasteiger partial charge on any atom is 0.162 e. The predicted molar refractivity (Wildman–Crippen MR) is 64.6 cm³/mol. The molecule has 0 aromatic heterocycles. The van der Waals surface area contributed by atoms with Crippen LogP contribution in [0.25, 0.3) is 0 Å². The van der Waals surface area contributed by atoms with E-state index in [2.05, 4.69) is 5.32 Å². The number of benzene rings is 1. The van der Waals surface area contributed by atoms with E-state index in [1.807, 2.05) is 26.0 Å². The molecule has 1 aromatic carbocycles. The molecule has 0 unspecified atom stereocenters. The summed E-state index contributed by atoms with van der Waals surface area (Å²) in [6.45, 7) is 5.14. The number of methoxy groups -OCH3 is 1. The lowest BCUT2D eigenvalue weighted by molar-refractivity contribution is 0.361. The molecular weight excluding hydrogens is 204 g/mol. The molecule has 0 fully saturated rings. The van der Waals surface area contributed by atoms with Crippen LogP contribution in [0.4, 0.5) is 0 Å². The van der Waals surface area contributed by atoms with Crippen LogP contribution in [0.2, 0.25) is 0 Å². The Labute approximate surface area is 96.4 Å². The monoisotopic (exact) mass is 224 g/mol. The van der Waals surface area contributed by atoms with E-state index in [1.54, 1.807) is 6.07 Å². The molecule has 0 saturated carbocycles. The van der Waals surface area contributed by atoms with Crippen LogP contribution in [-0.2, 0) is 6.54 Å². The number of phenols is 1. The highest BCUT2D eigenvalue weighted by Gasteiger charge is 2.15. The standard InChI is InChI=1S/C12H20N2O2/c1-12(2,8-13)14-7-9-5-4-6-10(16-3)11(9)15/h4-6,14-15H,7-8,13H2,1-3H3. The average molecular weight is 224 g/mol. The third kappa shape index (κ3) is 3.12. The highest BCUT2D eigenvalue weighted by molar-refractivity contribution is 5.45. The van der Waals surface area contributed by atoms with E-state index in [9.17, 15) is 5.11 Å². The van der Waals surface area contributed by atoms with E-state index in [-0.39, 0.29) is 11.3 Å². The molecule has 16 heavy (non-hydrogen) atoms. The Balaban J connectivity index is 2.75. The number of ether oxygens (including phenoxy) is 1. The van der Waals surface area contributed by atoms with Gasteiger partial charge in [0, 0.05) is 24.2 Å². The van der Waals surface area contributed by atoms with Gasteiger partial charge in [0.2, 0.25) is 0 Å². The van der Waals surface area contributed by atoms with E-state index in [0.717, 1.165) is 5.56 Å². The summed E-state index contributed by atoms with van der Waals surface area (Å²) in [4.78, 5) is 0. The van der Waals surface area contributed by atoms with Crippen molar-refractivity contribution in [1.29, 1.82) is 0 Å². The summed E-state index contributed by atoms with van der Waals surface area (Å²) in [7, 11) is 1.54. The van der Waals surface area contributed by atoms with Gasteiger partial charge in [0.25, 0.3) is 0 Å². The van der Waals surface area contributed by atoms with E-state index in [4.69, 9.17) is 10.5 Å². The Kier molecular flexibility index (Phi) is 4.15. The van der Waals surface area contributed by atoms with Gasteiger partial charge >= 0.3 is 0 Å². The maximum atomic E-state index is 9.86. The molecule has 0 aliphatic carbocycles. The summed E-state index contributed by atoms with van der Waals surface area (Å²) in [6, 6.07) is 5.44. The van der Waals surface area contributed by atoms with Crippen molar-refractivity contribution in [2.75, 3.05) is 13.7 Å². The smallest absolute Gasteiger partial charge is 0.162 e. The second-order valence-corrected chi connectivity index (χ2v) is 4.41. The Morgan fingerprint density at radius 1 is 1.44 bits per heavy atom. The van der Waals surface area contributed by atoms with Crippen LogP contribution in [0.1, 0.15) is 19.4 Å². The highest BCUT2D eigenvalue weighted by atomic mass is 16.5. The quantitative estimate of drug-likeness (QED) is 0.703. The summed E-state index contributed by atoms with van der Waals surface area (Å²) < 4.78 is 5.04. The zero-order valence-corrected chi connectivity index (χ0v) is 10.1. The minimum absolute atomic E-state index is 0.143. The molecule has 0 aliphatic heterocycles. The first-order valence-electron chi connectivity index (χ1n) is 5.30. The number of rotatable bonds is 5. The molecule has 0 spiro atoms. The van der Waals surface area contributed by atoms with Gasteiger partial charge in [-0.15, -0.1) is 0 Å². The molecule has 0 amide bonds. The summed E-state index contributed by atoms with van der Waals surface area (Å²) in [5.74, 6) is 0.676. The van der Waals surface area contributed by atoms with E-state index < -0.39 is 0 Å².